The second-order valence-electron chi connectivity index (χ2n) is 7.05. The highest BCUT2D eigenvalue weighted by Gasteiger charge is 2.29. The van der Waals surface area contributed by atoms with Crippen molar-refractivity contribution in [1.29, 1.82) is 0 Å². The van der Waals surface area contributed by atoms with Crippen molar-refractivity contribution in [1.82, 2.24) is 14.8 Å². The van der Waals surface area contributed by atoms with Crippen LogP contribution in [0, 0.1) is 0 Å². The molecule has 0 unspecified atom stereocenters. The van der Waals surface area contributed by atoms with Crippen LogP contribution in [0.5, 0.6) is 0 Å². The number of likely N-dealkylation sites (N-methyl/N-ethyl adjacent to an activating group) is 1. The lowest BCUT2D eigenvalue weighted by molar-refractivity contribution is -0.128. The molecule has 1 aromatic heterocycles. The number of nitrogens with zero attached hydrogens (tertiary/aromatic N) is 3. The Kier molecular flexibility index (Phi) is 6.18. The number of aromatic nitrogens is 1. The number of carbonyl (C=O) groups is 1. The van der Waals surface area contributed by atoms with E-state index >= 15 is 0 Å². The molecule has 2 aromatic rings. The van der Waals surface area contributed by atoms with Crippen LogP contribution in [0.3, 0.4) is 0 Å². The van der Waals surface area contributed by atoms with E-state index in [4.69, 9.17) is 0 Å². The molecular formula is C22H27N3O. The van der Waals surface area contributed by atoms with Crippen LogP contribution in [-0.2, 0) is 11.3 Å². The predicted molar refractivity (Wildman–Crippen MR) is 105 cm³/mol. The Morgan fingerprint density at radius 1 is 1.23 bits per heavy atom. The largest absolute Gasteiger partial charge is 0.339 e. The fraction of sp³-hybridized carbons (Fsp3) is 0.364. The molecule has 3 rings (SSSR count). The maximum absolute atomic E-state index is 12.5. The molecule has 0 spiro atoms. The van der Waals surface area contributed by atoms with Gasteiger partial charge in [-0.3, -0.25) is 14.7 Å². The summed E-state index contributed by atoms with van der Waals surface area (Å²) in [5.41, 5.74) is 2.34. The zero-order valence-electron chi connectivity index (χ0n) is 15.6. The number of piperidine rings is 1. The normalized spacial score (nSPS) is 21.0. The molecule has 4 nitrogen and oxygen atoms in total. The Morgan fingerprint density at radius 2 is 1.96 bits per heavy atom. The van der Waals surface area contributed by atoms with Crippen LogP contribution in [-0.4, -0.2) is 46.4 Å². The number of hydrogen-bond acceptors (Lipinski definition) is 3. The average molecular weight is 349 g/mol. The average Bonchev–Trinajstić information content (AvgIpc) is 2.68. The van der Waals surface area contributed by atoms with Crippen LogP contribution in [0.15, 0.2) is 60.9 Å². The topological polar surface area (TPSA) is 36.4 Å². The van der Waals surface area contributed by atoms with Crippen molar-refractivity contribution < 1.29 is 4.79 Å². The van der Waals surface area contributed by atoms with Gasteiger partial charge in [0.1, 0.15) is 0 Å². The van der Waals surface area contributed by atoms with E-state index in [-0.39, 0.29) is 5.91 Å². The zero-order chi connectivity index (χ0) is 18.4. The number of carbonyl (C=O) groups excluding carboxylic acids is 1. The van der Waals surface area contributed by atoms with Crippen LogP contribution < -0.4 is 0 Å². The van der Waals surface area contributed by atoms with Gasteiger partial charge in [0.15, 0.2) is 0 Å². The van der Waals surface area contributed by atoms with Gasteiger partial charge < -0.3 is 4.90 Å². The lowest BCUT2D eigenvalue weighted by Crippen LogP contribution is -2.48. The second kappa shape index (κ2) is 8.77. The van der Waals surface area contributed by atoms with Crippen LogP contribution in [0.25, 0.3) is 6.08 Å². The van der Waals surface area contributed by atoms with E-state index in [2.05, 4.69) is 47.1 Å². The van der Waals surface area contributed by atoms with Crippen molar-refractivity contribution in [3.8, 4) is 0 Å². The molecule has 2 atom stereocenters. The molecule has 0 bridgehead atoms. The van der Waals surface area contributed by atoms with E-state index in [1.165, 1.54) is 5.56 Å². The molecule has 1 saturated heterocycles. The third-order valence-corrected chi connectivity index (χ3v) is 5.23. The molecule has 1 aliphatic heterocycles. The van der Waals surface area contributed by atoms with Gasteiger partial charge in [0.2, 0.25) is 5.91 Å². The van der Waals surface area contributed by atoms with E-state index in [0.717, 1.165) is 31.5 Å². The summed E-state index contributed by atoms with van der Waals surface area (Å²) in [6, 6.07) is 15.2. The summed E-state index contributed by atoms with van der Waals surface area (Å²) in [7, 11) is 1.92. The molecule has 136 valence electrons. The van der Waals surface area contributed by atoms with Gasteiger partial charge in [-0.15, -0.1) is 0 Å². The molecule has 1 aliphatic rings. The number of pyridine rings is 1. The van der Waals surface area contributed by atoms with E-state index in [9.17, 15) is 4.79 Å². The van der Waals surface area contributed by atoms with Crippen LogP contribution >= 0.6 is 0 Å². The number of benzene rings is 1. The Labute approximate surface area is 156 Å². The summed E-state index contributed by atoms with van der Waals surface area (Å²) in [6.45, 7) is 4.26. The lowest BCUT2D eigenvalue weighted by atomic mass is 9.96. The Bertz CT molecular complexity index is 730. The third kappa shape index (κ3) is 4.79. The van der Waals surface area contributed by atoms with E-state index < -0.39 is 0 Å². The van der Waals surface area contributed by atoms with Gasteiger partial charge in [-0.2, -0.15) is 0 Å². The summed E-state index contributed by atoms with van der Waals surface area (Å²) < 4.78 is 0. The third-order valence-electron chi connectivity index (χ3n) is 5.23. The monoisotopic (exact) mass is 349 g/mol. The number of rotatable bonds is 5. The van der Waals surface area contributed by atoms with Crippen molar-refractivity contribution in [2.24, 2.45) is 0 Å². The first-order valence-electron chi connectivity index (χ1n) is 9.26. The highest BCUT2D eigenvalue weighted by molar-refractivity contribution is 5.91. The van der Waals surface area contributed by atoms with Crippen molar-refractivity contribution in [3.63, 3.8) is 0 Å². The van der Waals surface area contributed by atoms with Crippen molar-refractivity contribution >= 4 is 12.0 Å². The fourth-order valence-electron chi connectivity index (χ4n) is 3.54. The van der Waals surface area contributed by atoms with Crippen LogP contribution in [0.4, 0.5) is 0 Å². The molecule has 0 radical (unpaired) electrons. The number of likely N-dealkylation sites (tertiary alicyclic amines) is 1. The van der Waals surface area contributed by atoms with Gasteiger partial charge in [-0.1, -0.05) is 30.3 Å². The maximum atomic E-state index is 12.5. The molecule has 1 amide bonds. The standard InChI is InChI=1S/C22H27N3O/c1-18-16-21(12-15-25(18)17-20-6-4-3-5-7-20)24(2)22(26)9-8-19-10-13-23-14-11-19/h3-11,13-14,18,21H,12,15-17H2,1-2H3/b9-8+/t18-,21-/m0/s1. The molecule has 0 saturated carbocycles. The summed E-state index contributed by atoms with van der Waals surface area (Å²) in [4.78, 5) is 20.9. The van der Waals surface area contributed by atoms with Gasteiger partial charge in [0.05, 0.1) is 0 Å². The fourth-order valence-corrected chi connectivity index (χ4v) is 3.54. The summed E-state index contributed by atoms with van der Waals surface area (Å²) >= 11 is 0. The van der Waals surface area contributed by atoms with Crippen LogP contribution in [0.2, 0.25) is 0 Å². The van der Waals surface area contributed by atoms with Gasteiger partial charge in [-0.25, -0.2) is 0 Å². The van der Waals surface area contributed by atoms with Crippen molar-refractivity contribution in [2.75, 3.05) is 13.6 Å². The van der Waals surface area contributed by atoms with Crippen molar-refractivity contribution in [2.45, 2.75) is 38.4 Å². The molecule has 4 heteroatoms. The summed E-state index contributed by atoms with van der Waals surface area (Å²) in [5, 5.41) is 0. The SMILES string of the molecule is C[C@H]1C[C@@H](N(C)C(=O)/C=C/c2ccncc2)CCN1Cc1ccccc1. The molecule has 26 heavy (non-hydrogen) atoms. The molecule has 0 aliphatic carbocycles. The summed E-state index contributed by atoms with van der Waals surface area (Å²) in [5.74, 6) is 0.0653. The first kappa shape index (κ1) is 18.3. The molecule has 0 N–H and O–H groups in total. The smallest absolute Gasteiger partial charge is 0.246 e. The van der Waals surface area contributed by atoms with Gasteiger partial charge in [0, 0.05) is 50.7 Å². The number of hydrogen-bond donors (Lipinski definition) is 0. The Morgan fingerprint density at radius 3 is 2.65 bits per heavy atom. The number of amides is 1. The molecule has 1 aromatic carbocycles. The maximum Gasteiger partial charge on any atom is 0.246 e. The summed E-state index contributed by atoms with van der Waals surface area (Å²) in [6.07, 6.45) is 9.02. The van der Waals surface area contributed by atoms with E-state index in [0.29, 0.717) is 12.1 Å². The molecular weight excluding hydrogens is 322 g/mol. The van der Waals surface area contributed by atoms with Crippen molar-refractivity contribution in [3.05, 3.63) is 72.1 Å². The molecule has 2 heterocycles. The Hall–Kier alpha value is -2.46. The first-order valence-corrected chi connectivity index (χ1v) is 9.26. The molecule has 1 fully saturated rings. The van der Waals surface area contributed by atoms with E-state index in [1.54, 1.807) is 18.5 Å². The second-order valence-corrected chi connectivity index (χ2v) is 7.05. The van der Waals surface area contributed by atoms with Gasteiger partial charge in [-0.05, 0) is 49.1 Å². The van der Waals surface area contributed by atoms with Crippen LogP contribution in [0.1, 0.15) is 30.9 Å². The van der Waals surface area contributed by atoms with Gasteiger partial charge >= 0.3 is 0 Å². The lowest BCUT2D eigenvalue weighted by Gasteiger charge is -2.41. The van der Waals surface area contributed by atoms with E-state index in [1.807, 2.05) is 30.2 Å². The Balaban J connectivity index is 1.54. The first-order chi connectivity index (χ1) is 12.6. The minimum Gasteiger partial charge on any atom is -0.339 e. The highest BCUT2D eigenvalue weighted by Crippen LogP contribution is 2.23. The quantitative estimate of drug-likeness (QED) is 0.774. The predicted octanol–water partition coefficient (Wildman–Crippen LogP) is 3.61. The highest BCUT2D eigenvalue weighted by atomic mass is 16.2. The van der Waals surface area contributed by atoms with Gasteiger partial charge in [0.25, 0.3) is 0 Å². The minimum atomic E-state index is 0.0653. The minimum absolute atomic E-state index is 0.0653. The zero-order valence-corrected chi connectivity index (χ0v) is 15.6.